The van der Waals surface area contributed by atoms with Crippen molar-refractivity contribution < 1.29 is 23.1 Å². The molecular weight excluding hydrogens is 251 g/mol. The number of halogens is 3. The molecule has 0 spiro atoms. The maximum Gasteiger partial charge on any atom is 0.416 e. The maximum atomic E-state index is 12.5. The fourth-order valence-corrected chi connectivity index (χ4v) is 1.42. The highest BCUT2D eigenvalue weighted by Crippen LogP contribution is 2.31. The largest absolute Gasteiger partial charge is 0.478 e. The van der Waals surface area contributed by atoms with E-state index in [4.69, 9.17) is 5.11 Å². The highest BCUT2D eigenvalue weighted by atomic mass is 19.4. The van der Waals surface area contributed by atoms with Gasteiger partial charge in [0.25, 0.3) is 0 Å². The summed E-state index contributed by atoms with van der Waals surface area (Å²) in [5, 5.41) is 12.6. The maximum absolute atomic E-state index is 12.5. The molecule has 2 rings (SSSR count). The molecule has 0 aliphatic carbocycles. The average molecular weight is 257 g/mol. The molecule has 0 atom stereocenters. The first-order valence-electron chi connectivity index (χ1n) is 4.69. The number of carboxylic acids is 1. The first kappa shape index (κ1) is 12.1. The monoisotopic (exact) mass is 257 g/mol. The Labute approximate surface area is 98.5 Å². The molecule has 1 N–H and O–H groups in total. The molecule has 2 aromatic rings. The van der Waals surface area contributed by atoms with Crippen LogP contribution in [0.1, 0.15) is 15.9 Å². The molecule has 18 heavy (non-hydrogen) atoms. The topological polar surface area (TPSA) is 68.0 Å². The Kier molecular flexibility index (Phi) is 2.77. The van der Waals surface area contributed by atoms with Crippen LogP contribution in [0.3, 0.4) is 0 Å². The number of aromatic nitrogens is 3. The lowest BCUT2D eigenvalue weighted by Crippen LogP contribution is -2.11. The minimum Gasteiger partial charge on any atom is -0.478 e. The van der Waals surface area contributed by atoms with Gasteiger partial charge in [0.05, 0.1) is 16.8 Å². The van der Waals surface area contributed by atoms with Crippen LogP contribution in [-0.4, -0.2) is 25.8 Å². The fourth-order valence-electron chi connectivity index (χ4n) is 1.42. The lowest BCUT2D eigenvalue weighted by Gasteiger charge is -2.10. The van der Waals surface area contributed by atoms with Crippen LogP contribution in [0.5, 0.6) is 0 Å². The molecule has 0 saturated heterocycles. The quantitative estimate of drug-likeness (QED) is 0.893. The van der Waals surface area contributed by atoms with Crippen LogP contribution in [0.25, 0.3) is 5.69 Å². The molecule has 0 aliphatic heterocycles. The van der Waals surface area contributed by atoms with Gasteiger partial charge in [-0.05, 0) is 18.2 Å². The van der Waals surface area contributed by atoms with E-state index in [1.54, 1.807) is 0 Å². The molecule has 94 valence electrons. The summed E-state index contributed by atoms with van der Waals surface area (Å²) in [5.41, 5.74) is -1.49. The van der Waals surface area contributed by atoms with Gasteiger partial charge in [-0.2, -0.15) is 18.3 Å². The number of hydrogen-bond donors (Lipinski definition) is 1. The Bertz CT molecular complexity index is 579. The van der Waals surface area contributed by atoms with Crippen molar-refractivity contribution in [1.82, 2.24) is 14.8 Å². The van der Waals surface area contributed by atoms with Gasteiger partial charge in [0.15, 0.2) is 0 Å². The number of carboxylic acid groups (broad SMARTS) is 1. The second-order valence-corrected chi connectivity index (χ2v) is 3.37. The first-order valence-corrected chi connectivity index (χ1v) is 4.69. The predicted octanol–water partition coefficient (Wildman–Crippen LogP) is 1.98. The molecule has 0 fully saturated rings. The Balaban J connectivity index is 2.59. The summed E-state index contributed by atoms with van der Waals surface area (Å²) in [4.78, 5) is 14.6. The zero-order chi connectivity index (χ0) is 13.3. The van der Waals surface area contributed by atoms with Crippen LogP contribution in [0.2, 0.25) is 0 Å². The van der Waals surface area contributed by atoms with E-state index in [0.29, 0.717) is 6.07 Å². The van der Waals surface area contributed by atoms with E-state index < -0.39 is 23.3 Å². The number of hydrogen-bond acceptors (Lipinski definition) is 3. The highest BCUT2D eigenvalue weighted by Gasteiger charge is 2.32. The zero-order valence-electron chi connectivity index (χ0n) is 8.72. The van der Waals surface area contributed by atoms with Crippen LogP contribution in [0.4, 0.5) is 13.2 Å². The minimum absolute atomic E-state index is 0.0213. The average Bonchev–Trinajstić information content (AvgIpc) is 2.80. The third kappa shape index (κ3) is 2.17. The Morgan fingerprint density at radius 1 is 1.33 bits per heavy atom. The number of carbonyl (C=O) groups is 1. The predicted molar refractivity (Wildman–Crippen MR) is 53.3 cm³/mol. The summed E-state index contributed by atoms with van der Waals surface area (Å²) in [7, 11) is 0. The summed E-state index contributed by atoms with van der Waals surface area (Å²) in [6, 6.07) is 2.41. The van der Waals surface area contributed by atoms with Gasteiger partial charge in [-0.1, -0.05) is 0 Å². The zero-order valence-corrected chi connectivity index (χ0v) is 8.72. The molecule has 8 heteroatoms. The van der Waals surface area contributed by atoms with Gasteiger partial charge in [0.1, 0.15) is 12.7 Å². The Morgan fingerprint density at radius 2 is 2.06 bits per heavy atom. The standard InChI is InChI=1S/C10H6F3N3O2/c11-10(12,13)6-1-2-8(7(3-6)9(17)18)16-5-14-4-15-16/h1-5H,(H,17,18). The van der Waals surface area contributed by atoms with Gasteiger partial charge in [-0.25, -0.2) is 14.5 Å². The van der Waals surface area contributed by atoms with Crippen molar-refractivity contribution in [1.29, 1.82) is 0 Å². The molecule has 0 radical (unpaired) electrons. The van der Waals surface area contributed by atoms with E-state index in [9.17, 15) is 18.0 Å². The van der Waals surface area contributed by atoms with Crippen LogP contribution in [0, 0.1) is 0 Å². The summed E-state index contributed by atoms with van der Waals surface area (Å²) in [6.45, 7) is 0. The van der Waals surface area contributed by atoms with Gasteiger partial charge < -0.3 is 5.11 Å². The summed E-state index contributed by atoms with van der Waals surface area (Å²) in [5.74, 6) is -1.47. The summed E-state index contributed by atoms with van der Waals surface area (Å²) >= 11 is 0. The van der Waals surface area contributed by atoms with E-state index in [0.717, 1.165) is 23.1 Å². The number of aromatic carboxylic acids is 1. The molecule has 1 heterocycles. The van der Waals surface area contributed by atoms with Crippen LogP contribution < -0.4 is 0 Å². The molecule has 5 nitrogen and oxygen atoms in total. The van der Waals surface area contributed by atoms with Crippen molar-refractivity contribution in [3.05, 3.63) is 42.0 Å². The van der Waals surface area contributed by atoms with Crippen molar-refractivity contribution in [2.45, 2.75) is 6.18 Å². The molecule has 1 aromatic carbocycles. The molecule has 0 saturated carbocycles. The van der Waals surface area contributed by atoms with Crippen molar-refractivity contribution in [2.24, 2.45) is 0 Å². The SMILES string of the molecule is O=C(O)c1cc(C(F)(F)F)ccc1-n1cncn1. The minimum atomic E-state index is -4.59. The second kappa shape index (κ2) is 4.13. The van der Waals surface area contributed by atoms with E-state index in [-0.39, 0.29) is 5.69 Å². The molecule has 0 unspecified atom stereocenters. The van der Waals surface area contributed by atoms with Crippen molar-refractivity contribution in [2.75, 3.05) is 0 Å². The van der Waals surface area contributed by atoms with E-state index in [1.807, 2.05) is 0 Å². The van der Waals surface area contributed by atoms with E-state index >= 15 is 0 Å². The lowest BCUT2D eigenvalue weighted by molar-refractivity contribution is -0.137. The van der Waals surface area contributed by atoms with E-state index in [2.05, 4.69) is 10.1 Å². The summed E-state index contributed by atoms with van der Waals surface area (Å²) < 4.78 is 38.5. The number of nitrogens with zero attached hydrogens (tertiary/aromatic N) is 3. The smallest absolute Gasteiger partial charge is 0.416 e. The Morgan fingerprint density at radius 3 is 2.56 bits per heavy atom. The van der Waals surface area contributed by atoms with Gasteiger partial charge in [-0.3, -0.25) is 0 Å². The molecule has 1 aromatic heterocycles. The number of rotatable bonds is 2. The number of alkyl halides is 3. The highest BCUT2D eigenvalue weighted by molar-refractivity contribution is 5.92. The number of benzene rings is 1. The normalized spacial score (nSPS) is 11.5. The molecule has 0 amide bonds. The molecule has 0 bridgehead atoms. The van der Waals surface area contributed by atoms with Crippen LogP contribution in [-0.2, 0) is 6.18 Å². The first-order chi connectivity index (χ1) is 8.39. The van der Waals surface area contributed by atoms with Gasteiger partial charge in [0, 0.05) is 0 Å². The Hall–Kier alpha value is -2.38. The van der Waals surface area contributed by atoms with Crippen LogP contribution in [0.15, 0.2) is 30.9 Å². The van der Waals surface area contributed by atoms with Crippen molar-refractivity contribution in [3.63, 3.8) is 0 Å². The van der Waals surface area contributed by atoms with Crippen molar-refractivity contribution >= 4 is 5.97 Å². The molecular formula is C10H6F3N3O2. The second-order valence-electron chi connectivity index (χ2n) is 3.37. The van der Waals surface area contributed by atoms with Gasteiger partial charge in [-0.15, -0.1) is 0 Å². The third-order valence-corrected chi connectivity index (χ3v) is 2.22. The fraction of sp³-hybridized carbons (Fsp3) is 0.100. The summed E-state index contributed by atoms with van der Waals surface area (Å²) in [6.07, 6.45) is -2.23. The molecule has 0 aliphatic rings. The lowest BCUT2D eigenvalue weighted by atomic mass is 10.1. The van der Waals surface area contributed by atoms with Crippen molar-refractivity contribution in [3.8, 4) is 5.69 Å². The van der Waals surface area contributed by atoms with Gasteiger partial charge in [0.2, 0.25) is 0 Å². The van der Waals surface area contributed by atoms with Crippen LogP contribution >= 0.6 is 0 Å². The third-order valence-electron chi connectivity index (χ3n) is 2.22. The van der Waals surface area contributed by atoms with E-state index in [1.165, 1.54) is 6.33 Å². The van der Waals surface area contributed by atoms with Gasteiger partial charge >= 0.3 is 12.1 Å².